The van der Waals surface area contributed by atoms with Crippen LogP contribution in [-0.2, 0) is 0 Å². The quantitative estimate of drug-likeness (QED) is 0.712. The van der Waals surface area contributed by atoms with E-state index in [0.717, 1.165) is 5.19 Å². The summed E-state index contributed by atoms with van der Waals surface area (Å²) in [6, 6.07) is 6.87. The van der Waals surface area contributed by atoms with Crippen molar-refractivity contribution in [3.63, 3.8) is 0 Å². The molecule has 3 N–H and O–H groups in total. The molecular weight excluding hydrogens is 288 g/mol. The van der Waals surface area contributed by atoms with Gasteiger partial charge in [-0.2, -0.15) is 0 Å². The SMILES string of the molecule is C[Si](C)(O)c1cccc(C(=O)N2CCC(NC(=O)O)C2)c1. The molecular formula is C14H20N2O4Si. The van der Waals surface area contributed by atoms with Crippen LogP contribution in [0.1, 0.15) is 16.8 Å². The standard InChI is InChI=1S/C14H20N2O4Si/c1-21(2,20)12-5-3-4-10(8-12)13(17)16-7-6-11(9-16)15-14(18)19/h3-5,8,11,15,20H,6-7,9H2,1-2H3,(H,18,19). The van der Waals surface area contributed by atoms with Crippen molar-refractivity contribution in [2.45, 2.75) is 25.6 Å². The smallest absolute Gasteiger partial charge is 0.404 e. The molecule has 1 aromatic rings. The molecule has 1 fully saturated rings. The van der Waals surface area contributed by atoms with Crippen LogP contribution < -0.4 is 10.5 Å². The maximum Gasteiger partial charge on any atom is 0.404 e. The number of nitrogens with one attached hydrogen (secondary N) is 1. The fourth-order valence-corrected chi connectivity index (χ4v) is 3.47. The summed E-state index contributed by atoms with van der Waals surface area (Å²) in [6.07, 6.45) is -0.442. The fraction of sp³-hybridized carbons (Fsp3) is 0.429. The lowest BCUT2D eigenvalue weighted by atomic mass is 10.2. The van der Waals surface area contributed by atoms with E-state index in [1.165, 1.54) is 0 Å². The zero-order valence-electron chi connectivity index (χ0n) is 12.2. The van der Waals surface area contributed by atoms with E-state index in [1.807, 2.05) is 6.07 Å². The van der Waals surface area contributed by atoms with Gasteiger partial charge in [0.15, 0.2) is 0 Å². The van der Waals surface area contributed by atoms with Crippen LogP contribution in [0.25, 0.3) is 0 Å². The predicted octanol–water partition coefficient (Wildman–Crippen LogP) is 0.573. The number of amides is 2. The van der Waals surface area contributed by atoms with Crippen molar-refractivity contribution in [2.75, 3.05) is 13.1 Å². The van der Waals surface area contributed by atoms with E-state index in [4.69, 9.17) is 5.11 Å². The molecule has 1 aromatic carbocycles. The third kappa shape index (κ3) is 3.83. The Hall–Kier alpha value is -1.86. The molecule has 1 saturated heterocycles. The molecule has 0 radical (unpaired) electrons. The average molecular weight is 308 g/mol. The lowest BCUT2D eigenvalue weighted by Crippen LogP contribution is -2.42. The zero-order chi connectivity index (χ0) is 15.6. The lowest BCUT2D eigenvalue weighted by Gasteiger charge is -2.19. The lowest BCUT2D eigenvalue weighted by molar-refractivity contribution is 0.0788. The highest BCUT2D eigenvalue weighted by Crippen LogP contribution is 2.14. The zero-order valence-corrected chi connectivity index (χ0v) is 13.2. The monoisotopic (exact) mass is 308 g/mol. The Morgan fingerprint density at radius 2 is 2.10 bits per heavy atom. The number of hydrogen-bond donors (Lipinski definition) is 3. The Labute approximate surface area is 124 Å². The van der Waals surface area contributed by atoms with Crippen molar-refractivity contribution in [1.29, 1.82) is 0 Å². The van der Waals surface area contributed by atoms with Gasteiger partial charge in [-0.3, -0.25) is 4.79 Å². The minimum absolute atomic E-state index is 0.121. The number of carboxylic acid groups (broad SMARTS) is 1. The molecule has 0 bridgehead atoms. The number of benzene rings is 1. The predicted molar refractivity (Wildman–Crippen MR) is 81.2 cm³/mol. The highest BCUT2D eigenvalue weighted by atomic mass is 28.4. The van der Waals surface area contributed by atoms with Gasteiger partial charge in [-0.1, -0.05) is 12.1 Å². The van der Waals surface area contributed by atoms with Gasteiger partial charge in [-0.05, 0) is 36.8 Å². The van der Waals surface area contributed by atoms with Gasteiger partial charge >= 0.3 is 6.09 Å². The minimum Gasteiger partial charge on any atom is -0.465 e. The summed E-state index contributed by atoms with van der Waals surface area (Å²) < 4.78 is 0. The van der Waals surface area contributed by atoms with Crippen LogP contribution >= 0.6 is 0 Å². The van der Waals surface area contributed by atoms with E-state index in [-0.39, 0.29) is 11.9 Å². The highest BCUT2D eigenvalue weighted by molar-refractivity contribution is 6.83. The van der Waals surface area contributed by atoms with Crippen LogP contribution in [0.2, 0.25) is 13.1 Å². The minimum atomic E-state index is -2.45. The van der Waals surface area contributed by atoms with E-state index in [2.05, 4.69) is 5.32 Å². The largest absolute Gasteiger partial charge is 0.465 e. The van der Waals surface area contributed by atoms with Gasteiger partial charge in [0.05, 0.1) is 6.04 Å². The summed E-state index contributed by atoms with van der Waals surface area (Å²) >= 11 is 0. The molecule has 114 valence electrons. The molecule has 0 aromatic heterocycles. The number of carbonyl (C=O) groups excluding carboxylic acids is 1. The van der Waals surface area contributed by atoms with Crippen LogP contribution in [0.15, 0.2) is 24.3 Å². The molecule has 2 rings (SSSR count). The average Bonchev–Trinajstić information content (AvgIpc) is 2.84. The molecule has 0 aliphatic carbocycles. The summed E-state index contributed by atoms with van der Waals surface area (Å²) in [5.41, 5.74) is 0.540. The third-order valence-corrected chi connectivity index (χ3v) is 5.34. The van der Waals surface area contributed by atoms with E-state index in [1.54, 1.807) is 36.2 Å². The van der Waals surface area contributed by atoms with E-state index in [9.17, 15) is 14.4 Å². The first-order valence-corrected chi connectivity index (χ1v) is 9.84. The number of carbonyl (C=O) groups is 2. The first-order valence-electron chi connectivity index (χ1n) is 6.89. The molecule has 0 saturated carbocycles. The van der Waals surface area contributed by atoms with Gasteiger partial charge in [0.1, 0.15) is 0 Å². The van der Waals surface area contributed by atoms with Crippen molar-refractivity contribution < 1.29 is 19.5 Å². The second-order valence-electron chi connectivity index (χ2n) is 5.83. The maximum atomic E-state index is 12.4. The summed E-state index contributed by atoms with van der Waals surface area (Å²) in [6.45, 7) is 4.53. The van der Waals surface area contributed by atoms with Crippen LogP contribution in [0, 0.1) is 0 Å². The molecule has 1 aliphatic rings. The number of hydrogen-bond acceptors (Lipinski definition) is 3. The van der Waals surface area contributed by atoms with Crippen molar-refractivity contribution >= 4 is 25.5 Å². The topological polar surface area (TPSA) is 89.9 Å². The molecule has 1 unspecified atom stereocenters. The van der Waals surface area contributed by atoms with Gasteiger partial charge in [-0.25, -0.2) is 4.79 Å². The molecule has 7 heteroatoms. The molecule has 1 atom stereocenters. The molecule has 1 heterocycles. The van der Waals surface area contributed by atoms with E-state index < -0.39 is 14.4 Å². The van der Waals surface area contributed by atoms with Crippen molar-refractivity contribution in [1.82, 2.24) is 10.2 Å². The van der Waals surface area contributed by atoms with E-state index >= 15 is 0 Å². The summed E-state index contributed by atoms with van der Waals surface area (Å²) in [5, 5.41) is 11.9. The van der Waals surface area contributed by atoms with Gasteiger partial charge in [0.25, 0.3) is 5.91 Å². The molecule has 6 nitrogen and oxygen atoms in total. The van der Waals surface area contributed by atoms with Gasteiger partial charge < -0.3 is 20.1 Å². The third-order valence-electron chi connectivity index (χ3n) is 3.62. The Bertz CT molecular complexity index is 556. The van der Waals surface area contributed by atoms with Gasteiger partial charge in [0.2, 0.25) is 8.32 Å². The number of likely N-dealkylation sites (tertiary alicyclic amines) is 1. The summed E-state index contributed by atoms with van der Waals surface area (Å²) in [4.78, 5) is 34.8. The van der Waals surface area contributed by atoms with Crippen LogP contribution in [0.4, 0.5) is 4.79 Å². The van der Waals surface area contributed by atoms with Gasteiger partial charge in [0, 0.05) is 18.7 Å². The second kappa shape index (κ2) is 5.86. The molecule has 2 amide bonds. The Balaban J connectivity index is 2.09. The highest BCUT2D eigenvalue weighted by Gasteiger charge is 2.29. The fourth-order valence-electron chi connectivity index (χ4n) is 2.45. The van der Waals surface area contributed by atoms with Crippen LogP contribution in [0.3, 0.4) is 0 Å². The Morgan fingerprint density at radius 3 is 2.71 bits per heavy atom. The molecule has 1 aliphatic heterocycles. The van der Waals surface area contributed by atoms with Crippen LogP contribution in [0.5, 0.6) is 0 Å². The van der Waals surface area contributed by atoms with Crippen molar-refractivity contribution in [2.24, 2.45) is 0 Å². The number of rotatable bonds is 3. The maximum absolute atomic E-state index is 12.4. The van der Waals surface area contributed by atoms with E-state index in [0.29, 0.717) is 25.1 Å². The first kappa shape index (κ1) is 15.5. The van der Waals surface area contributed by atoms with Crippen molar-refractivity contribution in [3.8, 4) is 0 Å². The first-order chi connectivity index (χ1) is 9.77. The Morgan fingerprint density at radius 1 is 1.38 bits per heavy atom. The Kier molecular flexibility index (Phi) is 4.34. The number of nitrogens with zero attached hydrogens (tertiary/aromatic N) is 1. The van der Waals surface area contributed by atoms with Gasteiger partial charge in [-0.15, -0.1) is 0 Å². The van der Waals surface area contributed by atoms with Crippen LogP contribution in [-0.4, -0.2) is 54.3 Å². The van der Waals surface area contributed by atoms with Crippen molar-refractivity contribution in [3.05, 3.63) is 29.8 Å². The second-order valence-corrected chi connectivity index (χ2v) is 9.52. The molecule has 0 spiro atoms. The molecule has 21 heavy (non-hydrogen) atoms. The summed E-state index contributed by atoms with van der Waals surface area (Å²) in [5.74, 6) is -0.121. The summed E-state index contributed by atoms with van der Waals surface area (Å²) in [7, 11) is -2.45. The normalized spacial score (nSPS) is 18.6.